The molecule has 1 atom stereocenters. The third-order valence-electron chi connectivity index (χ3n) is 4.97. The molecule has 2 heterocycles. The molecule has 2 N–H and O–H groups in total. The second-order valence-corrected chi connectivity index (χ2v) is 6.99. The van der Waals surface area contributed by atoms with Gasteiger partial charge in [0.2, 0.25) is 0 Å². The zero-order chi connectivity index (χ0) is 18.7. The van der Waals surface area contributed by atoms with E-state index in [2.05, 4.69) is 21.6 Å². The van der Waals surface area contributed by atoms with Crippen molar-refractivity contribution in [2.45, 2.75) is 39.7 Å². The first-order chi connectivity index (χ1) is 12.5. The Morgan fingerprint density at radius 2 is 2.00 bits per heavy atom. The highest BCUT2D eigenvalue weighted by Gasteiger charge is 2.35. The van der Waals surface area contributed by atoms with Crippen molar-refractivity contribution >= 4 is 12.0 Å². The van der Waals surface area contributed by atoms with Gasteiger partial charge in [0.1, 0.15) is 0 Å². The van der Waals surface area contributed by atoms with Gasteiger partial charge in [-0.25, -0.2) is 9.59 Å². The van der Waals surface area contributed by atoms with Crippen LogP contribution in [0.4, 0.5) is 4.79 Å². The fourth-order valence-corrected chi connectivity index (χ4v) is 3.74. The Labute approximate surface area is 154 Å². The van der Waals surface area contributed by atoms with Crippen molar-refractivity contribution in [3.05, 3.63) is 46.2 Å². The molecule has 140 valence electrons. The van der Waals surface area contributed by atoms with Gasteiger partial charge in [0.15, 0.2) is 0 Å². The molecular formula is C20H27N3O3. The van der Waals surface area contributed by atoms with E-state index in [9.17, 15) is 9.59 Å². The van der Waals surface area contributed by atoms with Gasteiger partial charge in [0, 0.05) is 12.2 Å². The Morgan fingerprint density at radius 1 is 1.27 bits per heavy atom. The van der Waals surface area contributed by atoms with E-state index in [-0.39, 0.29) is 12.0 Å². The molecule has 0 unspecified atom stereocenters. The van der Waals surface area contributed by atoms with Gasteiger partial charge in [-0.3, -0.25) is 4.90 Å². The Hall–Kier alpha value is -2.34. The van der Waals surface area contributed by atoms with Crippen molar-refractivity contribution in [1.29, 1.82) is 0 Å². The molecule has 0 bridgehead atoms. The molecule has 2 aliphatic rings. The van der Waals surface area contributed by atoms with E-state index in [0.29, 0.717) is 24.4 Å². The van der Waals surface area contributed by atoms with Crippen LogP contribution in [-0.4, -0.2) is 43.1 Å². The first kappa shape index (κ1) is 18.5. The summed E-state index contributed by atoms with van der Waals surface area (Å²) in [4.78, 5) is 27.3. The maximum atomic E-state index is 12.8. The molecule has 6 nitrogen and oxygen atoms in total. The summed E-state index contributed by atoms with van der Waals surface area (Å²) < 4.78 is 5.32. The lowest BCUT2D eigenvalue weighted by Crippen LogP contribution is -2.48. The van der Waals surface area contributed by atoms with Gasteiger partial charge < -0.3 is 15.4 Å². The molecule has 0 saturated carbocycles. The number of hydrogen-bond donors (Lipinski definition) is 2. The quantitative estimate of drug-likeness (QED) is 0.795. The van der Waals surface area contributed by atoms with E-state index in [4.69, 9.17) is 4.74 Å². The summed E-state index contributed by atoms with van der Waals surface area (Å²) in [5.74, 6) is -0.376. The van der Waals surface area contributed by atoms with Crippen LogP contribution in [0.2, 0.25) is 0 Å². The number of urea groups is 1. The van der Waals surface area contributed by atoms with Gasteiger partial charge in [-0.2, -0.15) is 0 Å². The standard InChI is InChI=1S/C20H27N3O3/c1-4-26-19(24)17-16(12-23-9-5-6-10-23)21-20(25)22-18(17)15-8-7-13(2)11-14(15)3/h7-8,11,18H,4-6,9-10,12H2,1-3H3,(H2,21,22,25)/t18-/m0/s1. The number of esters is 1. The summed E-state index contributed by atoms with van der Waals surface area (Å²) >= 11 is 0. The monoisotopic (exact) mass is 357 g/mol. The second kappa shape index (κ2) is 7.91. The third kappa shape index (κ3) is 3.90. The molecule has 0 aromatic heterocycles. The van der Waals surface area contributed by atoms with Crippen LogP contribution >= 0.6 is 0 Å². The van der Waals surface area contributed by atoms with E-state index < -0.39 is 6.04 Å². The number of rotatable bonds is 5. The van der Waals surface area contributed by atoms with Crippen LogP contribution < -0.4 is 10.6 Å². The largest absolute Gasteiger partial charge is 0.463 e. The highest BCUT2D eigenvalue weighted by molar-refractivity contribution is 5.95. The molecule has 0 radical (unpaired) electrons. The number of carbonyl (C=O) groups excluding carboxylic acids is 2. The van der Waals surface area contributed by atoms with Crippen LogP contribution in [0.1, 0.15) is 42.5 Å². The van der Waals surface area contributed by atoms with Crippen molar-refractivity contribution in [2.75, 3.05) is 26.2 Å². The first-order valence-electron chi connectivity index (χ1n) is 9.26. The summed E-state index contributed by atoms with van der Waals surface area (Å²) in [6.07, 6.45) is 2.30. The van der Waals surface area contributed by atoms with Gasteiger partial charge in [-0.1, -0.05) is 23.8 Å². The lowest BCUT2D eigenvalue weighted by Gasteiger charge is -2.31. The van der Waals surface area contributed by atoms with Crippen molar-refractivity contribution in [1.82, 2.24) is 15.5 Å². The summed E-state index contributed by atoms with van der Waals surface area (Å²) in [5, 5.41) is 5.76. The highest BCUT2D eigenvalue weighted by atomic mass is 16.5. The molecule has 3 rings (SSSR count). The lowest BCUT2D eigenvalue weighted by molar-refractivity contribution is -0.139. The predicted molar refractivity (Wildman–Crippen MR) is 99.7 cm³/mol. The fourth-order valence-electron chi connectivity index (χ4n) is 3.74. The minimum absolute atomic E-state index is 0.280. The van der Waals surface area contributed by atoms with Crippen LogP contribution in [0.15, 0.2) is 29.5 Å². The number of nitrogens with one attached hydrogen (secondary N) is 2. The number of nitrogens with zero attached hydrogens (tertiary/aromatic N) is 1. The Kier molecular flexibility index (Phi) is 5.61. The average Bonchev–Trinajstić information content (AvgIpc) is 3.07. The van der Waals surface area contributed by atoms with Gasteiger partial charge >= 0.3 is 12.0 Å². The van der Waals surface area contributed by atoms with Crippen LogP contribution in [-0.2, 0) is 9.53 Å². The summed E-state index contributed by atoms with van der Waals surface area (Å²) in [6, 6.07) is 5.26. The fraction of sp³-hybridized carbons (Fsp3) is 0.500. The summed E-state index contributed by atoms with van der Waals surface area (Å²) in [7, 11) is 0. The Morgan fingerprint density at radius 3 is 2.65 bits per heavy atom. The molecule has 1 aromatic rings. The number of carbonyl (C=O) groups is 2. The topological polar surface area (TPSA) is 70.7 Å². The van der Waals surface area contributed by atoms with Crippen LogP contribution in [0.3, 0.4) is 0 Å². The van der Waals surface area contributed by atoms with E-state index >= 15 is 0 Å². The minimum Gasteiger partial charge on any atom is -0.463 e. The molecule has 0 aliphatic carbocycles. The molecule has 6 heteroatoms. The molecule has 2 aliphatic heterocycles. The molecule has 2 amide bonds. The van der Waals surface area contributed by atoms with E-state index in [0.717, 1.165) is 42.6 Å². The zero-order valence-corrected chi connectivity index (χ0v) is 15.7. The maximum absolute atomic E-state index is 12.8. The number of benzene rings is 1. The molecule has 1 aromatic carbocycles. The Balaban J connectivity index is 2.03. The number of likely N-dealkylation sites (tertiary alicyclic amines) is 1. The third-order valence-corrected chi connectivity index (χ3v) is 4.97. The summed E-state index contributed by atoms with van der Waals surface area (Å²) in [5.41, 5.74) is 4.27. The maximum Gasteiger partial charge on any atom is 0.338 e. The first-order valence-corrected chi connectivity index (χ1v) is 9.26. The van der Waals surface area contributed by atoms with Crippen molar-refractivity contribution in [3.63, 3.8) is 0 Å². The molecule has 26 heavy (non-hydrogen) atoms. The lowest BCUT2D eigenvalue weighted by atomic mass is 9.91. The smallest absolute Gasteiger partial charge is 0.338 e. The number of hydrogen-bond acceptors (Lipinski definition) is 4. The highest BCUT2D eigenvalue weighted by Crippen LogP contribution is 2.31. The number of ether oxygens (including phenoxy) is 1. The van der Waals surface area contributed by atoms with Gasteiger partial charge in [0.25, 0.3) is 0 Å². The molecule has 1 fully saturated rings. The van der Waals surface area contributed by atoms with Gasteiger partial charge in [-0.15, -0.1) is 0 Å². The van der Waals surface area contributed by atoms with Crippen LogP contribution in [0, 0.1) is 13.8 Å². The van der Waals surface area contributed by atoms with Crippen molar-refractivity contribution in [2.24, 2.45) is 0 Å². The van der Waals surface area contributed by atoms with E-state index in [1.54, 1.807) is 6.92 Å². The number of amides is 2. The van der Waals surface area contributed by atoms with Gasteiger partial charge in [0.05, 0.1) is 18.2 Å². The van der Waals surface area contributed by atoms with Gasteiger partial charge in [-0.05, 0) is 57.8 Å². The Bertz CT molecular complexity index is 736. The molecular weight excluding hydrogens is 330 g/mol. The van der Waals surface area contributed by atoms with Crippen LogP contribution in [0.25, 0.3) is 0 Å². The summed E-state index contributed by atoms with van der Waals surface area (Å²) in [6.45, 7) is 8.64. The van der Waals surface area contributed by atoms with E-state index in [1.807, 2.05) is 26.0 Å². The van der Waals surface area contributed by atoms with E-state index in [1.165, 1.54) is 0 Å². The zero-order valence-electron chi connectivity index (χ0n) is 15.7. The minimum atomic E-state index is -0.499. The van der Waals surface area contributed by atoms with Crippen molar-refractivity contribution in [3.8, 4) is 0 Å². The van der Waals surface area contributed by atoms with Crippen molar-refractivity contribution < 1.29 is 14.3 Å². The normalized spacial score (nSPS) is 20.7. The SMILES string of the molecule is CCOC(=O)C1=C(CN2CCCC2)NC(=O)N[C@H]1c1ccc(C)cc1C. The predicted octanol–water partition coefficient (Wildman–Crippen LogP) is 2.57. The molecule has 0 spiro atoms. The van der Waals surface area contributed by atoms with Crippen LogP contribution in [0.5, 0.6) is 0 Å². The average molecular weight is 357 g/mol. The number of aryl methyl sites for hydroxylation is 2. The second-order valence-electron chi connectivity index (χ2n) is 6.99. The molecule has 1 saturated heterocycles.